The highest BCUT2D eigenvalue weighted by Crippen LogP contribution is 2.44. The van der Waals surface area contributed by atoms with Crippen LogP contribution in [0.2, 0.25) is 5.02 Å². The number of hydrogen-bond acceptors (Lipinski definition) is 2. The maximum Gasteiger partial charge on any atom is 0.125 e. The maximum absolute atomic E-state index is 6.30. The molecule has 1 N–H and O–H groups in total. The smallest absolute Gasteiger partial charge is 0.125 e. The maximum atomic E-state index is 6.30. The van der Waals surface area contributed by atoms with Crippen molar-refractivity contribution in [1.29, 1.82) is 0 Å². The van der Waals surface area contributed by atoms with Crippen LogP contribution in [0, 0.1) is 0 Å². The first-order valence-electron chi connectivity index (χ1n) is 7.27. The van der Waals surface area contributed by atoms with Gasteiger partial charge in [0.15, 0.2) is 0 Å². The molecule has 2 atom stereocenters. The summed E-state index contributed by atoms with van der Waals surface area (Å²) in [6.45, 7) is 6.37. The molecule has 0 saturated heterocycles. The molecule has 0 fully saturated rings. The molecule has 2 aromatic rings. The summed E-state index contributed by atoms with van der Waals surface area (Å²) in [5.41, 5.74) is 2.04. The van der Waals surface area contributed by atoms with E-state index in [0.29, 0.717) is 0 Å². The van der Waals surface area contributed by atoms with Gasteiger partial charge in [-0.1, -0.05) is 48.0 Å². The molecule has 1 aliphatic rings. The number of para-hydroxylation sites is 1. The van der Waals surface area contributed by atoms with Crippen LogP contribution in [0.5, 0.6) is 5.75 Å². The number of nitrogens with one attached hydrogen (secondary N) is 1. The van der Waals surface area contributed by atoms with Gasteiger partial charge >= 0.3 is 0 Å². The molecule has 0 saturated carbocycles. The van der Waals surface area contributed by atoms with Crippen LogP contribution in [0.4, 0.5) is 0 Å². The molecule has 2 nitrogen and oxygen atoms in total. The van der Waals surface area contributed by atoms with Gasteiger partial charge in [-0.3, -0.25) is 5.32 Å². The summed E-state index contributed by atoms with van der Waals surface area (Å²) in [7, 11) is 0. The normalized spacial score (nSPS) is 20.7. The van der Waals surface area contributed by atoms with Crippen molar-refractivity contribution in [2.45, 2.75) is 38.5 Å². The lowest BCUT2D eigenvalue weighted by Gasteiger charge is -2.30. The van der Waals surface area contributed by atoms with E-state index >= 15 is 0 Å². The molecule has 0 aliphatic carbocycles. The third-order valence-electron chi connectivity index (χ3n) is 4.09. The fourth-order valence-electron chi connectivity index (χ4n) is 2.99. The number of hydrogen-bond donors (Lipinski definition) is 1. The first-order chi connectivity index (χ1) is 9.99. The van der Waals surface area contributed by atoms with Crippen LogP contribution in [-0.2, 0) is 0 Å². The Labute approximate surface area is 131 Å². The van der Waals surface area contributed by atoms with Crippen molar-refractivity contribution < 1.29 is 4.74 Å². The summed E-state index contributed by atoms with van der Waals surface area (Å²) in [5.74, 6) is 0.964. The lowest BCUT2D eigenvalue weighted by Crippen LogP contribution is -2.40. The van der Waals surface area contributed by atoms with E-state index in [-0.39, 0.29) is 17.7 Å². The van der Waals surface area contributed by atoms with E-state index in [1.165, 1.54) is 5.56 Å². The molecular weight excluding hydrogens is 282 g/mol. The topological polar surface area (TPSA) is 21.3 Å². The Morgan fingerprint density at radius 2 is 1.76 bits per heavy atom. The Hall–Kier alpha value is -1.51. The second-order valence-corrected chi connectivity index (χ2v) is 6.49. The highest BCUT2D eigenvalue weighted by atomic mass is 35.5. The number of ether oxygens (including phenoxy) is 1. The predicted molar refractivity (Wildman–Crippen MR) is 86.9 cm³/mol. The number of benzene rings is 2. The Balaban J connectivity index is 1.89. The highest BCUT2D eigenvalue weighted by Gasteiger charge is 2.41. The van der Waals surface area contributed by atoms with Crippen LogP contribution >= 0.6 is 11.6 Å². The molecule has 0 radical (unpaired) electrons. The van der Waals surface area contributed by atoms with Gasteiger partial charge in [-0.2, -0.15) is 0 Å². The summed E-state index contributed by atoms with van der Waals surface area (Å²) in [5, 5.41) is 4.47. The van der Waals surface area contributed by atoms with Gasteiger partial charge in [0.2, 0.25) is 0 Å². The fraction of sp³-hybridized carbons (Fsp3) is 0.333. The number of fused-ring (bicyclic) bond motifs is 1. The Bertz CT molecular complexity index is 653. The van der Waals surface area contributed by atoms with Gasteiger partial charge in [-0.05, 0) is 38.5 Å². The number of rotatable bonds is 3. The first-order valence-corrected chi connectivity index (χ1v) is 7.65. The minimum absolute atomic E-state index is 0.139. The molecule has 0 aromatic heterocycles. The third-order valence-corrected chi connectivity index (χ3v) is 4.43. The van der Waals surface area contributed by atoms with E-state index < -0.39 is 0 Å². The molecule has 1 heterocycles. The van der Waals surface area contributed by atoms with E-state index in [2.05, 4.69) is 44.3 Å². The van der Waals surface area contributed by atoms with Crippen LogP contribution in [0.15, 0.2) is 48.5 Å². The summed E-state index contributed by atoms with van der Waals surface area (Å²) >= 11 is 6.30. The van der Waals surface area contributed by atoms with E-state index in [4.69, 9.17) is 16.3 Å². The zero-order valence-corrected chi connectivity index (χ0v) is 13.3. The molecule has 21 heavy (non-hydrogen) atoms. The third kappa shape index (κ3) is 2.66. The van der Waals surface area contributed by atoms with Gasteiger partial charge in [0, 0.05) is 16.6 Å². The quantitative estimate of drug-likeness (QED) is 0.870. The van der Waals surface area contributed by atoms with Crippen molar-refractivity contribution >= 4 is 11.6 Å². The van der Waals surface area contributed by atoms with Gasteiger partial charge < -0.3 is 4.74 Å². The fourth-order valence-corrected chi connectivity index (χ4v) is 3.28. The van der Waals surface area contributed by atoms with E-state index in [1.54, 1.807) is 0 Å². The standard InChI is InChI=1S/C18H20ClNO/c1-12(13-8-4-6-10-15(13)19)20-17-14-9-5-7-11-16(14)21-18(17,2)3/h4-12,17,20H,1-3H3/t12-,17?/m1/s1. The molecule has 1 aliphatic heterocycles. The summed E-state index contributed by atoms with van der Waals surface area (Å²) < 4.78 is 6.08. The van der Waals surface area contributed by atoms with E-state index in [1.807, 2.05) is 30.3 Å². The average molecular weight is 302 g/mol. The van der Waals surface area contributed by atoms with E-state index in [0.717, 1.165) is 16.3 Å². The predicted octanol–water partition coefficient (Wildman–Crippen LogP) is 4.90. The Kier molecular flexibility index (Phi) is 3.68. The van der Waals surface area contributed by atoms with Crippen LogP contribution in [0.25, 0.3) is 0 Å². The Morgan fingerprint density at radius 3 is 2.52 bits per heavy atom. The van der Waals surface area contributed by atoms with Crippen molar-refractivity contribution in [3.05, 3.63) is 64.7 Å². The monoisotopic (exact) mass is 301 g/mol. The van der Waals surface area contributed by atoms with Crippen molar-refractivity contribution in [1.82, 2.24) is 5.32 Å². The van der Waals surface area contributed by atoms with Gasteiger partial charge in [-0.25, -0.2) is 0 Å². The lowest BCUT2D eigenvalue weighted by molar-refractivity contribution is 0.0919. The van der Waals surface area contributed by atoms with Crippen molar-refractivity contribution in [2.24, 2.45) is 0 Å². The first kappa shape index (κ1) is 14.4. The molecule has 1 unspecified atom stereocenters. The van der Waals surface area contributed by atoms with Crippen LogP contribution in [0.3, 0.4) is 0 Å². The van der Waals surface area contributed by atoms with Crippen LogP contribution in [0.1, 0.15) is 44.0 Å². The molecule has 3 heteroatoms. The lowest BCUT2D eigenvalue weighted by atomic mass is 9.93. The minimum atomic E-state index is -0.279. The molecular formula is C18H20ClNO. The SMILES string of the molecule is C[C@@H](NC1c2ccccc2OC1(C)C)c1ccccc1Cl. The zero-order chi connectivity index (χ0) is 15.0. The minimum Gasteiger partial charge on any atom is -0.486 e. The second kappa shape index (κ2) is 5.36. The summed E-state index contributed by atoms with van der Waals surface area (Å²) in [6, 6.07) is 16.5. The average Bonchev–Trinajstić information content (AvgIpc) is 2.70. The molecule has 110 valence electrons. The van der Waals surface area contributed by atoms with Gasteiger partial charge in [0.05, 0.1) is 6.04 Å². The van der Waals surface area contributed by atoms with E-state index in [9.17, 15) is 0 Å². The summed E-state index contributed by atoms with van der Waals surface area (Å²) in [6.07, 6.45) is 0. The van der Waals surface area contributed by atoms with Gasteiger partial charge in [0.25, 0.3) is 0 Å². The molecule has 3 rings (SSSR count). The van der Waals surface area contributed by atoms with Crippen LogP contribution in [-0.4, -0.2) is 5.60 Å². The highest BCUT2D eigenvalue weighted by molar-refractivity contribution is 6.31. The molecule has 2 aromatic carbocycles. The van der Waals surface area contributed by atoms with Gasteiger partial charge in [0.1, 0.15) is 11.4 Å². The van der Waals surface area contributed by atoms with Crippen LogP contribution < -0.4 is 10.1 Å². The second-order valence-electron chi connectivity index (χ2n) is 6.09. The number of halogens is 1. The van der Waals surface area contributed by atoms with Crippen molar-refractivity contribution in [2.75, 3.05) is 0 Å². The largest absolute Gasteiger partial charge is 0.486 e. The molecule has 0 spiro atoms. The van der Waals surface area contributed by atoms with Gasteiger partial charge in [-0.15, -0.1) is 0 Å². The zero-order valence-electron chi connectivity index (χ0n) is 12.6. The molecule has 0 amide bonds. The van der Waals surface area contributed by atoms with Crippen molar-refractivity contribution in [3.8, 4) is 5.75 Å². The summed E-state index contributed by atoms with van der Waals surface area (Å²) in [4.78, 5) is 0. The molecule has 0 bridgehead atoms. The Morgan fingerprint density at radius 1 is 1.10 bits per heavy atom. The van der Waals surface area contributed by atoms with Crippen molar-refractivity contribution in [3.63, 3.8) is 0 Å².